The molecular formula is C62H127N3O. The summed E-state index contributed by atoms with van der Waals surface area (Å²) < 4.78 is 0. The van der Waals surface area contributed by atoms with Crippen LogP contribution in [0.3, 0.4) is 0 Å². The molecule has 0 aromatic heterocycles. The third-order valence-electron chi connectivity index (χ3n) is 12.2. The summed E-state index contributed by atoms with van der Waals surface area (Å²) in [5.41, 5.74) is 3.79. The van der Waals surface area contributed by atoms with Crippen molar-refractivity contribution >= 4 is 6.29 Å². The maximum atomic E-state index is 8.81. The Labute approximate surface area is 419 Å². The fraction of sp³-hybridized carbons (Fsp3) is 0.855. The lowest BCUT2D eigenvalue weighted by Gasteiger charge is -2.23. The van der Waals surface area contributed by atoms with Crippen LogP contribution in [0, 0.1) is 11.8 Å². The number of hydrogen-bond donors (Lipinski definition) is 2. The van der Waals surface area contributed by atoms with Crippen LogP contribution in [0.25, 0.3) is 0 Å². The van der Waals surface area contributed by atoms with Crippen LogP contribution in [0.5, 0.6) is 0 Å². The average Bonchev–Trinajstić information content (AvgIpc) is 3.31. The summed E-state index contributed by atoms with van der Waals surface area (Å²) in [5, 5.41) is 6.85. The fourth-order valence-electron chi connectivity index (χ4n) is 8.14. The number of nitrogens with zero attached hydrogens (tertiary/aromatic N) is 1. The van der Waals surface area contributed by atoms with Gasteiger partial charge in [0, 0.05) is 19.3 Å². The van der Waals surface area contributed by atoms with E-state index in [9.17, 15) is 0 Å². The summed E-state index contributed by atoms with van der Waals surface area (Å²) in [5.74, 6) is 1.87. The van der Waals surface area contributed by atoms with Gasteiger partial charge in [-0.2, -0.15) is 0 Å². The lowest BCUT2D eigenvalue weighted by molar-refractivity contribution is -0.106. The van der Waals surface area contributed by atoms with Gasteiger partial charge in [0.1, 0.15) is 6.29 Å². The molecule has 4 nitrogen and oxygen atoms in total. The lowest BCUT2D eigenvalue weighted by atomic mass is 9.89. The molecule has 0 aliphatic heterocycles. The minimum absolute atomic E-state index is 0.750. The maximum Gasteiger partial charge on any atom is 0.116 e. The Morgan fingerprint density at radius 3 is 1.30 bits per heavy atom. The van der Waals surface area contributed by atoms with Crippen LogP contribution in [-0.2, 0) is 4.79 Å². The zero-order chi connectivity index (χ0) is 50.6. The van der Waals surface area contributed by atoms with E-state index in [4.69, 9.17) is 4.79 Å². The second-order valence-corrected chi connectivity index (χ2v) is 19.2. The smallest absolute Gasteiger partial charge is 0.116 e. The molecule has 0 fully saturated rings. The van der Waals surface area contributed by atoms with Gasteiger partial charge < -0.3 is 20.3 Å². The van der Waals surface area contributed by atoms with E-state index in [0.717, 1.165) is 36.1 Å². The second-order valence-electron chi connectivity index (χ2n) is 19.2. The molecule has 0 bridgehead atoms. The summed E-state index contributed by atoms with van der Waals surface area (Å²) in [4.78, 5) is 11.6. The molecule has 0 aromatic rings. The Kier molecular flexibility index (Phi) is 74.8. The highest BCUT2D eigenvalue weighted by atomic mass is 16.1. The minimum atomic E-state index is 0.750. The van der Waals surface area contributed by atoms with Crippen molar-refractivity contribution in [2.45, 2.75) is 302 Å². The van der Waals surface area contributed by atoms with Crippen molar-refractivity contribution in [1.82, 2.24) is 15.5 Å². The predicted molar refractivity (Wildman–Crippen MR) is 307 cm³/mol. The Morgan fingerprint density at radius 1 is 0.530 bits per heavy atom. The zero-order valence-corrected chi connectivity index (χ0v) is 48.3. The molecule has 0 saturated carbocycles. The van der Waals surface area contributed by atoms with Crippen molar-refractivity contribution < 1.29 is 4.79 Å². The zero-order valence-electron chi connectivity index (χ0n) is 48.3. The standard InChI is InChI=1S/C51H99N3.3C3H8.C2H4O/c1-9-15-18-20-24-30-37-48(12-4)38-31-26-22-28-34-43-54(45-36-42-53-51(41-17-11-3)47(7)52-8)44-35-29-23-27-33-40-50(14-6)46-49(13-5)39-32-25-21-19-16-10-2;3*1-3-2;1-2-3/h11,14,17,41,48-49,52-53H,7,9-10,12-13,15-16,18-40,42-46H2,1-6,8H3;3*3H2,1-2H3;2H,1H3/b17-11-,50-14?,51-41+;;;;. The summed E-state index contributed by atoms with van der Waals surface area (Å²) in [6.07, 6.45) is 55.2. The SMILES string of the molecule is C=C(NC)/C(=C\C=C/C)NCCCN(CCCCCCCC(=CC)CC(CC)CCCCCCCC)CCCCCCCC(CC)CCCCCCCC.CC=O.CCC.CCC.CCC. The van der Waals surface area contributed by atoms with E-state index in [1.54, 1.807) is 5.57 Å². The van der Waals surface area contributed by atoms with Crippen molar-refractivity contribution in [2.75, 3.05) is 33.2 Å². The van der Waals surface area contributed by atoms with Crippen LogP contribution in [0.1, 0.15) is 302 Å². The molecule has 396 valence electrons. The van der Waals surface area contributed by atoms with Crippen molar-refractivity contribution in [3.8, 4) is 0 Å². The molecule has 2 unspecified atom stereocenters. The van der Waals surface area contributed by atoms with E-state index >= 15 is 0 Å². The number of aldehydes is 1. The number of carbonyl (C=O) groups excluding carboxylic acids is 1. The topological polar surface area (TPSA) is 44.4 Å². The molecule has 0 aliphatic rings. The quantitative estimate of drug-likeness (QED) is 0.0277. The molecule has 0 heterocycles. The van der Waals surface area contributed by atoms with Crippen LogP contribution in [0.15, 0.2) is 47.9 Å². The Balaban J connectivity index is -0.000000924. The molecule has 0 spiro atoms. The molecule has 0 aliphatic carbocycles. The number of unbranched alkanes of at least 4 members (excludes halogenated alkanes) is 18. The average molecular weight is 931 g/mol. The van der Waals surface area contributed by atoms with Crippen molar-refractivity contribution in [1.29, 1.82) is 0 Å². The molecular weight excluding hydrogens is 803 g/mol. The van der Waals surface area contributed by atoms with Gasteiger partial charge in [0.25, 0.3) is 0 Å². The summed E-state index contributed by atoms with van der Waals surface area (Å²) in [6.45, 7) is 36.9. The summed E-state index contributed by atoms with van der Waals surface area (Å²) >= 11 is 0. The van der Waals surface area contributed by atoms with Gasteiger partial charge in [0.05, 0.1) is 5.70 Å². The highest BCUT2D eigenvalue weighted by Gasteiger charge is 2.11. The molecule has 0 radical (unpaired) electrons. The highest BCUT2D eigenvalue weighted by Crippen LogP contribution is 2.26. The number of allylic oxidation sites excluding steroid dienone is 5. The van der Waals surface area contributed by atoms with Gasteiger partial charge in [-0.05, 0) is 96.8 Å². The van der Waals surface area contributed by atoms with Gasteiger partial charge in [-0.25, -0.2) is 0 Å². The molecule has 0 saturated heterocycles. The maximum absolute atomic E-state index is 8.81. The normalized spacial score (nSPS) is 12.2. The van der Waals surface area contributed by atoms with Gasteiger partial charge in [-0.1, -0.05) is 273 Å². The van der Waals surface area contributed by atoms with Crippen LogP contribution in [-0.4, -0.2) is 44.4 Å². The summed E-state index contributed by atoms with van der Waals surface area (Å²) in [7, 11) is 1.95. The van der Waals surface area contributed by atoms with Gasteiger partial charge in [-0.15, -0.1) is 0 Å². The molecule has 0 rings (SSSR count). The van der Waals surface area contributed by atoms with Crippen molar-refractivity contribution in [3.63, 3.8) is 0 Å². The highest BCUT2D eigenvalue weighted by molar-refractivity contribution is 5.44. The number of likely N-dealkylation sites (N-methyl/N-ethyl adjacent to an activating group) is 1. The first-order valence-corrected chi connectivity index (χ1v) is 29.3. The fourth-order valence-corrected chi connectivity index (χ4v) is 8.14. The number of nitrogens with one attached hydrogen (secondary N) is 2. The molecule has 0 amide bonds. The molecule has 66 heavy (non-hydrogen) atoms. The van der Waals surface area contributed by atoms with E-state index in [-0.39, 0.29) is 0 Å². The first-order valence-electron chi connectivity index (χ1n) is 29.3. The molecule has 0 aromatic carbocycles. The second kappa shape index (κ2) is 67.5. The minimum Gasteiger partial charge on any atom is -0.387 e. The van der Waals surface area contributed by atoms with Gasteiger partial charge >= 0.3 is 0 Å². The van der Waals surface area contributed by atoms with Crippen LogP contribution in [0.2, 0.25) is 0 Å². The van der Waals surface area contributed by atoms with E-state index in [2.05, 4.69) is 130 Å². The molecule has 4 heteroatoms. The van der Waals surface area contributed by atoms with Crippen molar-refractivity contribution in [2.24, 2.45) is 11.8 Å². The first kappa shape index (κ1) is 73.2. The molecule has 2 atom stereocenters. The number of hydrogen-bond acceptors (Lipinski definition) is 4. The predicted octanol–water partition coefficient (Wildman–Crippen LogP) is 20.5. The van der Waals surface area contributed by atoms with Crippen LogP contribution in [0.4, 0.5) is 0 Å². The summed E-state index contributed by atoms with van der Waals surface area (Å²) in [6, 6.07) is 0. The molecule has 2 N–H and O–H groups in total. The van der Waals surface area contributed by atoms with Crippen molar-refractivity contribution in [3.05, 3.63) is 47.9 Å². The monoisotopic (exact) mass is 930 g/mol. The number of carbonyl (C=O) groups is 1. The van der Waals surface area contributed by atoms with E-state index in [1.165, 1.54) is 238 Å². The van der Waals surface area contributed by atoms with E-state index < -0.39 is 0 Å². The Morgan fingerprint density at radius 2 is 0.909 bits per heavy atom. The third kappa shape index (κ3) is 62.2. The van der Waals surface area contributed by atoms with Crippen LogP contribution < -0.4 is 10.6 Å². The largest absolute Gasteiger partial charge is 0.387 e. The first-order chi connectivity index (χ1) is 32.1. The third-order valence-corrected chi connectivity index (χ3v) is 12.2. The van der Waals surface area contributed by atoms with Gasteiger partial charge in [0.15, 0.2) is 0 Å². The Bertz CT molecular complexity index is 979. The van der Waals surface area contributed by atoms with E-state index in [0.29, 0.717) is 0 Å². The van der Waals surface area contributed by atoms with Gasteiger partial charge in [0.2, 0.25) is 0 Å². The number of rotatable bonds is 42. The Hall–Kier alpha value is -1.81. The van der Waals surface area contributed by atoms with Crippen LogP contribution >= 0.6 is 0 Å². The van der Waals surface area contributed by atoms with Gasteiger partial charge in [-0.3, -0.25) is 0 Å². The van der Waals surface area contributed by atoms with E-state index in [1.807, 2.05) is 7.05 Å². The lowest BCUT2D eigenvalue weighted by Crippen LogP contribution is -2.30.